The number of methoxy groups -OCH3 is 1. The summed E-state index contributed by atoms with van der Waals surface area (Å²) in [6.45, 7) is 0.974. The Morgan fingerprint density at radius 2 is 2.14 bits per heavy atom. The van der Waals surface area contributed by atoms with Crippen LogP contribution in [0.1, 0.15) is 12.5 Å². The van der Waals surface area contributed by atoms with Gasteiger partial charge in [0.1, 0.15) is 5.67 Å². The Labute approximate surface area is 81.7 Å². The first-order valence-electron chi connectivity index (χ1n) is 4.25. The van der Waals surface area contributed by atoms with Crippen LogP contribution in [0.2, 0.25) is 0 Å². The van der Waals surface area contributed by atoms with E-state index in [-0.39, 0.29) is 17.9 Å². The largest absolute Gasteiger partial charge is 0.494 e. The summed E-state index contributed by atoms with van der Waals surface area (Å²) in [7, 11) is 1.33. The van der Waals surface area contributed by atoms with Crippen molar-refractivity contribution in [3.63, 3.8) is 0 Å². The van der Waals surface area contributed by atoms with Crippen molar-refractivity contribution in [2.75, 3.05) is 13.7 Å². The van der Waals surface area contributed by atoms with Gasteiger partial charge in [-0.15, -0.1) is 0 Å². The van der Waals surface area contributed by atoms with Gasteiger partial charge in [0.25, 0.3) is 0 Å². The molecule has 0 aromatic heterocycles. The molecule has 0 saturated carbocycles. The van der Waals surface area contributed by atoms with Gasteiger partial charge in [-0.3, -0.25) is 0 Å². The standard InChI is InChI=1S/C10H13F2NO/c1-10(12,6-13)7-4-3-5-8(14-2)9(7)11/h3-5H,6,13H2,1-2H3. The molecule has 0 radical (unpaired) electrons. The van der Waals surface area contributed by atoms with Crippen molar-refractivity contribution in [3.05, 3.63) is 29.6 Å². The first kappa shape index (κ1) is 10.9. The Kier molecular flexibility index (Phi) is 3.06. The number of nitrogens with two attached hydrogens (primary N) is 1. The highest BCUT2D eigenvalue weighted by Crippen LogP contribution is 2.30. The maximum absolute atomic E-state index is 13.7. The molecule has 1 atom stereocenters. The van der Waals surface area contributed by atoms with Crippen molar-refractivity contribution in [2.24, 2.45) is 5.73 Å². The van der Waals surface area contributed by atoms with Crippen LogP contribution in [0.3, 0.4) is 0 Å². The van der Waals surface area contributed by atoms with Crippen LogP contribution in [-0.4, -0.2) is 13.7 Å². The van der Waals surface area contributed by atoms with Gasteiger partial charge in [0.15, 0.2) is 11.6 Å². The van der Waals surface area contributed by atoms with Gasteiger partial charge in [-0.05, 0) is 13.0 Å². The minimum atomic E-state index is -1.86. The van der Waals surface area contributed by atoms with E-state index in [9.17, 15) is 8.78 Å². The fourth-order valence-electron chi connectivity index (χ4n) is 1.18. The molecular weight excluding hydrogens is 188 g/mol. The quantitative estimate of drug-likeness (QED) is 0.811. The lowest BCUT2D eigenvalue weighted by molar-refractivity contribution is 0.194. The third kappa shape index (κ3) is 1.85. The monoisotopic (exact) mass is 201 g/mol. The van der Waals surface area contributed by atoms with Crippen molar-refractivity contribution >= 4 is 0 Å². The molecule has 0 aliphatic heterocycles. The van der Waals surface area contributed by atoms with E-state index in [1.54, 1.807) is 0 Å². The topological polar surface area (TPSA) is 35.2 Å². The normalized spacial score (nSPS) is 14.9. The van der Waals surface area contributed by atoms with E-state index in [0.29, 0.717) is 0 Å². The molecule has 1 aromatic rings. The molecule has 1 aromatic carbocycles. The second kappa shape index (κ2) is 3.92. The van der Waals surface area contributed by atoms with Crippen LogP contribution < -0.4 is 10.5 Å². The number of halogens is 2. The third-order valence-electron chi connectivity index (χ3n) is 2.13. The second-order valence-electron chi connectivity index (χ2n) is 3.22. The molecule has 0 spiro atoms. The number of ether oxygens (including phenoxy) is 1. The summed E-state index contributed by atoms with van der Waals surface area (Å²) in [5, 5.41) is 0. The molecule has 4 heteroatoms. The predicted octanol–water partition coefficient (Wildman–Crippen LogP) is 1.98. The Morgan fingerprint density at radius 3 is 2.64 bits per heavy atom. The average molecular weight is 201 g/mol. The van der Waals surface area contributed by atoms with E-state index in [1.165, 1.54) is 32.2 Å². The fourth-order valence-corrected chi connectivity index (χ4v) is 1.18. The highest BCUT2D eigenvalue weighted by atomic mass is 19.1. The summed E-state index contributed by atoms with van der Waals surface area (Å²) in [6, 6.07) is 4.33. The Morgan fingerprint density at radius 1 is 1.50 bits per heavy atom. The number of alkyl halides is 1. The van der Waals surface area contributed by atoms with Gasteiger partial charge in [0, 0.05) is 12.1 Å². The zero-order chi connectivity index (χ0) is 10.8. The van der Waals surface area contributed by atoms with Crippen molar-refractivity contribution in [2.45, 2.75) is 12.6 Å². The van der Waals surface area contributed by atoms with Gasteiger partial charge in [-0.1, -0.05) is 12.1 Å². The molecule has 2 N–H and O–H groups in total. The second-order valence-corrected chi connectivity index (χ2v) is 3.22. The lowest BCUT2D eigenvalue weighted by Crippen LogP contribution is -2.27. The van der Waals surface area contributed by atoms with Gasteiger partial charge >= 0.3 is 0 Å². The summed E-state index contributed by atoms with van der Waals surface area (Å²) >= 11 is 0. The van der Waals surface area contributed by atoms with Crippen molar-refractivity contribution in [1.29, 1.82) is 0 Å². The van der Waals surface area contributed by atoms with E-state index in [0.717, 1.165) is 0 Å². The Hall–Kier alpha value is -1.16. The zero-order valence-electron chi connectivity index (χ0n) is 8.18. The summed E-state index contributed by atoms with van der Waals surface area (Å²) < 4.78 is 32.0. The van der Waals surface area contributed by atoms with Crippen LogP contribution in [-0.2, 0) is 5.67 Å². The van der Waals surface area contributed by atoms with Crippen LogP contribution in [0.25, 0.3) is 0 Å². The molecular formula is C10H13F2NO. The van der Waals surface area contributed by atoms with E-state index >= 15 is 0 Å². The fraction of sp³-hybridized carbons (Fsp3) is 0.400. The summed E-state index contributed by atoms with van der Waals surface area (Å²) in [4.78, 5) is 0. The van der Waals surface area contributed by atoms with Crippen LogP contribution in [0.5, 0.6) is 5.75 Å². The Balaban J connectivity index is 3.22. The summed E-state index contributed by atoms with van der Waals surface area (Å²) in [6.07, 6.45) is 0. The van der Waals surface area contributed by atoms with Gasteiger partial charge in [-0.25, -0.2) is 8.78 Å². The van der Waals surface area contributed by atoms with Crippen molar-refractivity contribution < 1.29 is 13.5 Å². The average Bonchev–Trinajstić information content (AvgIpc) is 2.18. The molecule has 1 unspecified atom stereocenters. The SMILES string of the molecule is COc1cccc(C(C)(F)CN)c1F. The molecule has 0 saturated heterocycles. The molecule has 0 amide bonds. The van der Waals surface area contributed by atoms with Crippen molar-refractivity contribution in [1.82, 2.24) is 0 Å². The van der Waals surface area contributed by atoms with Gasteiger partial charge in [-0.2, -0.15) is 0 Å². The van der Waals surface area contributed by atoms with E-state index in [4.69, 9.17) is 10.5 Å². The number of benzene rings is 1. The zero-order valence-corrected chi connectivity index (χ0v) is 8.18. The summed E-state index contributed by atoms with van der Waals surface area (Å²) in [5.41, 5.74) is 3.28. The molecule has 0 aliphatic rings. The molecule has 0 heterocycles. The smallest absolute Gasteiger partial charge is 0.171 e. The molecule has 0 aliphatic carbocycles. The number of hydrogen-bond acceptors (Lipinski definition) is 2. The maximum Gasteiger partial charge on any atom is 0.171 e. The molecule has 2 nitrogen and oxygen atoms in total. The van der Waals surface area contributed by atoms with Crippen LogP contribution >= 0.6 is 0 Å². The molecule has 0 bridgehead atoms. The Bertz CT molecular complexity index is 326. The highest BCUT2D eigenvalue weighted by Gasteiger charge is 2.28. The predicted molar refractivity (Wildman–Crippen MR) is 50.5 cm³/mol. The number of rotatable bonds is 3. The van der Waals surface area contributed by atoms with Gasteiger partial charge in [0.05, 0.1) is 7.11 Å². The van der Waals surface area contributed by atoms with E-state index < -0.39 is 11.5 Å². The van der Waals surface area contributed by atoms with Gasteiger partial charge < -0.3 is 10.5 Å². The maximum atomic E-state index is 13.7. The molecule has 78 valence electrons. The minimum Gasteiger partial charge on any atom is -0.494 e. The van der Waals surface area contributed by atoms with Crippen LogP contribution in [0, 0.1) is 5.82 Å². The lowest BCUT2D eigenvalue weighted by atomic mass is 9.97. The first-order chi connectivity index (χ1) is 6.53. The third-order valence-corrected chi connectivity index (χ3v) is 2.13. The number of hydrogen-bond donors (Lipinski definition) is 1. The van der Waals surface area contributed by atoms with E-state index in [2.05, 4.69) is 0 Å². The molecule has 1 rings (SSSR count). The van der Waals surface area contributed by atoms with E-state index in [1.807, 2.05) is 0 Å². The van der Waals surface area contributed by atoms with Gasteiger partial charge in [0.2, 0.25) is 0 Å². The van der Waals surface area contributed by atoms with Crippen LogP contribution in [0.4, 0.5) is 8.78 Å². The first-order valence-corrected chi connectivity index (χ1v) is 4.25. The minimum absolute atomic E-state index is 0.0276. The van der Waals surface area contributed by atoms with Crippen molar-refractivity contribution in [3.8, 4) is 5.75 Å². The highest BCUT2D eigenvalue weighted by molar-refractivity contribution is 5.34. The van der Waals surface area contributed by atoms with Crippen LogP contribution in [0.15, 0.2) is 18.2 Å². The summed E-state index contributed by atoms with van der Waals surface area (Å²) in [5.74, 6) is -0.662. The molecule has 0 fully saturated rings. The lowest BCUT2D eigenvalue weighted by Gasteiger charge is -2.19. The molecule has 14 heavy (non-hydrogen) atoms.